The molecule has 0 spiro atoms. The molecule has 2 aromatic carbocycles. The fraction of sp³-hybridized carbons (Fsp3) is 0.188. The number of halogens is 3. The maximum absolute atomic E-state index is 12.6. The van der Waals surface area contributed by atoms with E-state index in [-0.39, 0.29) is 5.91 Å². The van der Waals surface area contributed by atoms with E-state index in [9.17, 15) is 4.79 Å². The first-order chi connectivity index (χ1) is 10.0. The summed E-state index contributed by atoms with van der Waals surface area (Å²) in [5.41, 5.74) is 1.40. The van der Waals surface area contributed by atoms with Gasteiger partial charge in [0.1, 0.15) is 0 Å². The van der Waals surface area contributed by atoms with Crippen molar-refractivity contribution < 1.29 is 4.79 Å². The van der Waals surface area contributed by atoms with Gasteiger partial charge in [-0.2, -0.15) is 0 Å². The molecule has 0 radical (unpaired) electrons. The van der Waals surface area contributed by atoms with Crippen LogP contribution in [0, 0.1) is 0 Å². The first-order valence-electron chi connectivity index (χ1n) is 6.51. The van der Waals surface area contributed by atoms with Crippen molar-refractivity contribution in [3.8, 4) is 0 Å². The van der Waals surface area contributed by atoms with Crippen LogP contribution in [0.1, 0.15) is 22.8 Å². The summed E-state index contributed by atoms with van der Waals surface area (Å²) in [6.45, 7) is 2.96. The van der Waals surface area contributed by atoms with E-state index in [2.05, 4.69) is 15.9 Å². The number of carbonyl (C=O) groups is 1. The summed E-state index contributed by atoms with van der Waals surface area (Å²) in [5, 5.41) is 1.09. The van der Waals surface area contributed by atoms with E-state index in [0.29, 0.717) is 33.2 Å². The molecule has 2 aromatic rings. The summed E-state index contributed by atoms with van der Waals surface area (Å²) < 4.78 is 0.712. The minimum Gasteiger partial charge on any atom is -0.334 e. The zero-order valence-electron chi connectivity index (χ0n) is 11.4. The van der Waals surface area contributed by atoms with Crippen LogP contribution in [0.4, 0.5) is 0 Å². The van der Waals surface area contributed by atoms with Crippen molar-refractivity contribution in [2.45, 2.75) is 13.5 Å². The molecule has 0 aliphatic rings. The van der Waals surface area contributed by atoms with Crippen LogP contribution in [0.5, 0.6) is 0 Å². The minimum atomic E-state index is -0.108. The molecule has 1 amide bonds. The number of benzene rings is 2. The Bertz CT molecular complexity index is 660. The van der Waals surface area contributed by atoms with Crippen molar-refractivity contribution in [3.05, 3.63) is 68.1 Å². The molecule has 0 unspecified atom stereocenters. The summed E-state index contributed by atoms with van der Waals surface area (Å²) in [6, 6.07) is 12.9. The number of amides is 1. The van der Waals surface area contributed by atoms with Gasteiger partial charge in [0.05, 0.1) is 10.6 Å². The zero-order chi connectivity index (χ0) is 15.4. The van der Waals surface area contributed by atoms with Gasteiger partial charge in [0, 0.05) is 22.6 Å². The third-order valence-corrected chi connectivity index (χ3v) is 4.84. The van der Waals surface area contributed by atoms with Crippen LogP contribution in [-0.2, 0) is 6.54 Å². The average molecular weight is 387 g/mol. The Kier molecular flexibility index (Phi) is 5.68. The number of nitrogens with zero attached hydrogens (tertiary/aromatic N) is 1. The van der Waals surface area contributed by atoms with Crippen LogP contribution in [0.2, 0.25) is 10.0 Å². The van der Waals surface area contributed by atoms with Gasteiger partial charge in [0.25, 0.3) is 5.91 Å². The Morgan fingerprint density at radius 3 is 2.52 bits per heavy atom. The lowest BCUT2D eigenvalue weighted by Crippen LogP contribution is -2.30. The van der Waals surface area contributed by atoms with Gasteiger partial charge in [-0.3, -0.25) is 4.79 Å². The highest BCUT2D eigenvalue weighted by Gasteiger charge is 2.19. The Balaban J connectivity index is 2.27. The second-order valence-corrected chi connectivity index (χ2v) is 6.15. The quantitative estimate of drug-likeness (QED) is 0.687. The minimum absolute atomic E-state index is 0.108. The van der Waals surface area contributed by atoms with Crippen LogP contribution in [-0.4, -0.2) is 17.4 Å². The maximum atomic E-state index is 12.6. The first kappa shape index (κ1) is 16.3. The van der Waals surface area contributed by atoms with Gasteiger partial charge >= 0.3 is 0 Å². The molecule has 0 aliphatic carbocycles. The van der Waals surface area contributed by atoms with Gasteiger partial charge in [-0.1, -0.05) is 47.5 Å². The number of rotatable bonds is 4. The number of carbonyl (C=O) groups excluding carboxylic acids is 1. The molecule has 0 bridgehead atoms. The van der Waals surface area contributed by atoms with Gasteiger partial charge in [-0.15, -0.1) is 0 Å². The predicted octanol–water partition coefficient (Wildman–Crippen LogP) is 5.42. The normalized spacial score (nSPS) is 10.5. The molecule has 0 saturated heterocycles. The SMILES string of the molecule is CCN(Cc1ccccc1Cl)C(=O)c1cccc(Br)c1Cl. The van der Waals surface area contributed by atoms with E-state index in [1.807, 2.05) is 37.3 Å². The van der Waals surface area contributed by atoms with Crippen LogP contribution < -0.4 is 0 Å². The monoisotopic (exact) mass is 385 g/mol. The molecule has 110 valence electrons. The molecule has 0 atom stereocenters. The van der Waals surface area contributed by atoms with Crippen molar-refractivity contribution in [3.63, 3.8) is 0 Å². The molecule has 2 rings (SSSR count). The van der Waals surface area contributed by atoms with E-state index >= 15 is 0 Å². The Hall–Kier alpha value is -1.03. The molecule has 5 heteroatoms. The lowest BCUT2D eigenvalue weighted by atomic mass is 10.1. The third kappa shape index (κ3) is 3.79. The fourth-order valence-corrected chi connectivity index (χ4v) is 2.77. The molecule has 0 saturated carbocycles. The lowest BCUT2D eigenvalue weighted by molar-refractivity contribution is 0.0753. The zero-order valence-corrected chi connectivity index (χ0v) is 14.5. The summed E-state index contributed by atoms with van der Waals surface area (Å²) in [5.74, 6) is -0.108. The van der Waals surface area contributed by atoms with E-state index in [1.54, 1.807) is 17.0 Å². The van der Waals surface area contributed by atoms with Crippen molar-refractivity contribution >= 4 is 45.0 Å². The summed E-state index contributed by atoms with van der Waals surface area (Å²) in [4.78, 5) is 14.4. The highest BCUT2D eigenvalue weighted by Crippen LogP contribution is 2.27. The van der Waals surface area contributed by atoms with E-state index in [4.69, 9.17) is 23.2 Å². The highest BCUT2D eigenvalue weighted by atomic mass is 79.9. The molecule has 0 aromatic heterocycles. The Morgan fingerprint density at radius 2 is 1.86 bits per heavy atom. The van der Waals surface area contributed by atoms with Gasteiger partial charge < -0.3 is 4.90 Å². The second kappa shape index (κ2) is 7.30. The van der Waals surface area contributed by atoms with Gasteiger partial charge in [0.15, 0.2) is 0 Å². The molecule has 0 aliphatic heterocycles. The van der Waals surface area contributed by atoms with Crippen molar-refractivity contribution in [2.75, 3.05) is 6.54 Å². The molecular weight excluding hydrogens is 373 g/mol. The van der Waals surface area contributed by atoms with Gasteiger partial charge in [-0.05, 0) is 46.6 Å². The van der Waals surface area contributed by atoms with Gasteiger partial charge in [-0.25, -0.2) is 0 Å². The highest BCUT2D eigenvalue weighted by molar-refractivity contribution is 9.10. The van der Waals surface area contributed by atoms with Crippen molar-refractivity contribution in [2.24, 2.45) is 0 Å². The largest absolute Gasteiger partial charge is 0.334 e. The molecular formula is C16H14BrCl2NO. The fourth-order valence-electron chi connectivity index (χ4n) is 2.00. The van der Waals surface area contributed by atoms with E-state index in [0.717, 1.165) is 5.56 Å². The molecule has 21 heavy (non-hydrogen) atoms. The summed E-state index contributed by atoms with van der Waals surface area (Å²) in [6.07, 6.45) is 0. The van der Waals surface area contributed by atoms with Crippen molar-refractivity contribution in [1.82, 2.24) is 4.90 Å². The van der Waals surface area contributed by atoms with E-state index in [1.165, 1.54) is 0 Å². The van der Waals surface area contributed by atoms with Crippen LogP contribution in [0.3, 0.4) is 0 Å². The van der Waals surface area contributed by atoms with Crippen LogP contribution >= 0.6 is 39.1 Å². The predicted molar refractivity (Wildman–Crippen MR) is 91.0 cm³/mol. The average Bonchev–Trinajstić information content (AvgIpc) is 2.48. The smallest absolute Gasteiger partial charge is 0.255 e. The lowest BCUT2D eigenvalue weighted by Gasteiger charge is -2.22. The summed E-state index contributed by atoms with van der Waals surface area (Å²) in [7, 11) is 0. The maximum Gasteiger partial charge on any atom is 0.255 e. The standard InChI is InChI=1S/C16H14BrCl2NO/c1-2-20(10-11-6-3-4-9-14(11)18)16(21)12-7-5-8-13(17)15(12)19/h3-9H,2,10H2,1H3. The Labute approximate surface area is 142 Å². The third-order valence-electron chi connectivity index (χ3n) is 3.17. The molecule has 0 N–H and O–H groups in total. The number of hydrogen-bond donors (Lipinski definition) is 0. The van der Waals surface area contributed by atoms with Crippen LogP contribution in [0.25, 0.3) is 0 Å². The number of hydrogen-bond acceptors (Lipinski definition) is 1. The second-order valence-electron chi connectivity index (χ2n) is 4.51. The molecule has 0 heterocycles. The van der Waals surface area contributed by atoms with E-state index < -0.39 is 0 Å². The first-order valence-corrected chi connectivity index (χ1v) is 8.06. The molecule has 0 fully saturated rings. The summed E-state index contributed by atoms with van der Waals surface area (Å²) >= 11 is 15.7. The van der Waals surface area contributed by atoms with Crippen molar-refractivity contribution in [1.29, 1.82) is 0 Å². The molecule has 2 nitrogen and oxygen atoms in total. The van der Waals surface area contributed by atoms with Gasteiger partial charge in [0.2, 0.25) is 0 Å². The topological polar surface area (TPSA) is 20.3 Å². The van der Waals surface area contributed by atoms with Crippen LogP contribution in [0.15, 0.2) is 46.9 Å². The Morgan fingerprint density at radius 1 is 1.14 bits per heavy atom.